The highest BCUT2D eigenvalue weighted by molar-refractivity contribution is 5.76. The third-order valence-corrected chi connectivity index (χ3v) is 4.12. The van der Waals surface area contributed by atoms with Crippen LogP contribution in [0.15, 0.2) is 18.2 Å². The first-order valence-corrected chi connectivity index (χ1v) is 8.25. The van der Waals surface area contributed by atoms with Crippen LogP contribution < -0.4 is 10.6 Å². The minimum Gasteiger partial charge on any atom is -0.385 e. The molecule has 1 amide bonds. The normalized spacial score (nSPS) is 16.3. The predicted molar refractivity (Wildman–Crippen MR) is 88.7 cm³/mol. The van der Waals surface area contributed by atoms with Gasteiger partial charge in [0.25, 0.3) is 0 Å². The third kappa shape index (κ3) is 5.78. The lowest BCUT2D eigenvalue weighted by molar-refractivity contribution is -0.121. The number of amides is 1. The molecule has 0 radical (unpaired) electrons. The van der Waals surface area contributed by atoms with Gasteiger partial charge in [-0.3, -0.25) is 4.79 Å². The topological polar surface area (TPSA) is 41.1 Å². The zero-order valence-electron chi connectivity index (χ0n) is 13.4. The van der Waals surface area contributed by atoms with E-state index in [1.165, 1.54) is 36.8 Å². The second-order valence-electron chi connectivity index (χ2n) is 6.31. The van der Waals surface area contributed by atoms with Gasteiger partial charge in [0.05, 0.1) is 0 Å². The Kier molecular flexibility index (Phi) is 6.09. The summed E-state index contributed by atoms with van der Waals surface area (Å²) in [7, 11) is 0. The van der Waals surface area contributed by atoms with Crippen molar-refractivity contribution in [3.63, 3.8) is 0 Å². The van der Waals surface area contributed by atoms with Crippen LogP contribution in [0.5, 0.6) is 0 Å². The predicted octanol–water partition coefficient (Wildman–Crippen LogP) is 3.94. The highest BCUT2D eigenvalue weighted by Crippen LogP contribution is 2.17. The number of carbonyl (C=O) groups excluding carboxylic acids is 1. The Bertz CT molecular complexity index is 442. The van der Waals surface area contributed by atoms with Crippen molar-refractivity contribution in [2.24, 2.45) is 0 Å². The Morgan fingerprint density at radius 2 is 1.67 bits per heavy atom. The number of hydrogen-bond donors (Lipinski definition) is 2. The first kappa shape index (κ1) is 15.9. The summed E-state index contributed by atoms with van der Waals surface area (Å²) in [6.07, 6.45) is 7.99. The van der Waals surface area contributed by atoms with E-state index < -0.39 is 0 Å². The molecule has 0 spiro atoms. The van der Waals surface area contributed by atoms with Gasteiger partial charge in [-0.05, 0) is 49.9 Å². The van der Waals surface area contributed by atoms with E-state index in [9.17, 15) is 4.79 Å². The smallest absolute Gasteiger partial charge is 0.221 e. The zero-order valence-corrected chi connectivity index (χ0v) is 13.4. The van der Waals surface area contributed by atoms with Crippen LogP contribution in [0.3, 0.4) is 0 Å². The first-order chi connectivity index (χ1) is 10.1. The Labute approximate surface area is 128 Å². The average Bonchev–Trinajstić information content (AvgIpc) is 2.66. The minimum atomic E-state index is 0.179. The lowest BCUT2D eigenvalue weighted by Gasteiger charge is -2.16. The Morgan fingerprint density at radius 1 is 1.05 bits per heavy atom. The SMILES string of the molecule is Cc1cc(C)cc(NCCC(=O)NC2CCCCCC2)c1. The van der Waals surface area contributed by atoms with Gasteiger partial charge in [0, 0.05) is 24.7 Å². The van der Waals surface area contributed by atoms with E-state index in [0.717, 1.165) is 18.5 Å². The number of hydrogen-bond acceptors (Lipinski definition) is 2. The molecule has 0 unspecified atom stereocenters. The summed E-state index contributed by atoms with van der Waals surface area (Å²) in [5.41, 5.74) is 3.61. The molecule has 21 heavy (non-hydrogen) atoms. The largest absolute Gasteiger partial charge is 0.385 e. The lowest BCUT2D eigenvalue weighted by Crippen LogP contribution is -2.35. The van der Waals surface area contributed by atoms with Crippen molar-refractivity contribution in [3.8, 4) is 0 Å². The van der Waals surface area contributed by atoms with E-state index in [0.29, 0.717) is 19.0 Å². The summed E-state index contributed by atoms with van der Waals surface area (Å²) < 4.78 is 0. The molecule has 3 nitrogen and oxygen atoms in total. The van der Waals surface area contributed by atoms with Crippen molar-refractivity contribution in [2.75, 3.05) is 11.9 Å². The molecule has 1 aromatic rings. The first-order valence-electron chi connectivity index (χ1n) is 8.25. The molecule has 0 bridgehead atoms. The molecule has 0 aromatic heterocycles. The summed E-state index contributed by atoms with van der Waals surface area (Å²) >= 11 is 0. The standard InChI is InChI=1S/C18H28N2O/c1-14-11-15(2)13-17(12-14)19-10-9-18(21)20-16-7-5-3-4-6-8-16/h11-13,16,19H,3-10H2,1-2H3,(H,20,21). The highest BCUT2D eigenvalue weighted by atomic mass is 16.1. The van der Waals surface area contributed by atoms with Crippen LogP contribution in [-0.4, -0.2) is 18.5 Å². The molecule has 0 atom stereocenters. The van der Waals surface area contributed by atoms with Gasteiger partial charge >= 0.3 is 0 Å². The van der Waals surface area contributed by atoms with Gasteiger partial charge < -0.3 is 10.6 Å². The summed E-state index contributed by atoms with van der Waals surface area (Å²) in [5, 5.41) is 6.53. The van der Waals surface area contributed by atoms with Crippen molar-refractivity contribution >= 4 is 11.6 Å². The monoisotopic (exact) mass is 288 g/mol. The van der Waals surface area contributed by atoms with Crippen molar-refractivity contribution < 1.29 is 4.79 Å². The molecular weight excluding hydrogens is 260 g/mol. The minimum absolute atomic E-state index is 0.179. The van der Waals surface area contributed by atoms with Gasteiger partial charge in [-0.25, -0.2) is 0 Å². The zero-order chi connectivity index (χ0) is 15.1. The number of nitrogens with one attached hydrogen (secondary N) is 2. The second-order valence-corrected chi connectivity index (χ2v) is 6.31. The number of rotatable bonds is 5. The number of benzene rings is 1. The molecule has 2 N–H and O–H groups in total. The summed E-state index contributed by atoms with van der Waals surface area (Å²) in [6, 6.07) is 6.80. The molecule has 0 aliphatic heterocycles. The second kappa shape index (κ2) is 8.06. The van der Waals surface area contributed by atoms with Gasteiger partial charge in [0.15, 0.2) is 0 Å². The van der Waals surface area contributed by atoms with Gasteiger partial charge in [-0.2, -0.15) is 0 Å². The van der Waals surface area contributed by atoms with Crippen LogP contribution in [0.4, 0.5) is 5.69 Å². The Morgan fingerprint density at radius 3 is 2.29 bits per heavy atom. The third-order valence-electron chi connectivity index (χ3n) is 4.12. The van der Waals surface area contributed by atoms with Crippen molar-refractivity contribution in [1.29, 1.82) is 0 Å². The molecule has 1 aromatic carbocycles. The van der Waals surface area contributed by atoms with E-state index in [2.05, 4.69) is 42.7 Å². The fourth-order valence-corrected chi connectivity index (χ4v) is 3.12. The average molecular weight is 288 g/mol. The summed E-state index contributed by atoms with van der Waals surface area (Å²) in [6.45, 7) is 4.88. The molecule has 1 aliphatic carbocycles. The van der Waals surface area contributed by atoms with Gasteiger partial charge in [0.2, 0.25) is 5.91 Å². The molecule has 1 saturated carbocycles. The van der Waals surface area contributed by atoms with Gasteiger partial charge in [0.1, 0.15) is 0 Å². The van der Waals surface area contributed by atoms with Crippen LogP contribution >= 0.6 is 0 Å². The molecular formula is C18H28N2O. The number of anilines is 1. The van der Waals surface area contributed by atoms with E-state index >= 15 is 0 Å². The van der Waals surface area contributed by atoms with Gasteiger partial charge in [-0.15, -0.1) is 0 Å². The maximum Gasteiger partial charge on any atom is 0.221 e. The summed E-state index contributed by atoms with van der Waals surface area (Å²) in [4.78, 5) is 12.0. The fraction of sp³-hybridized carbons (Fsp3) is 0.611. The van der Waals surface area contributed by atoms with Crippen LogP contribution in [0.2, 0.25) is 0 Å². The molecule has 2 rings (SSSR count). The van der Waals surface area contributed by atoms with Crippen LogP contribution in [0, 0.1) is 13.8 Å². The van der Waals surface area contributed by atoms with Crippen molar-refractivity contribution in [3.05, 3.63) is 29.3 Å². The van der Waals surface area contributed by atoms with Crippen molar-refractivity contribution in [2.45, 2.75) is 64.8 Å². The lowest BCUT2D eigenvalue weighted by atomic mass is 10.1. The number of carbonyl (C=O) groups is 1. The Hall–Kier alpha value is -1.51. The number of aryl methyl sites for hydroxylation is 2. The van der Waals surface area contributed by atoms with Gasteiger partial charge in [-0.1, -0.05) is 31.7 Å². The maximum absolute atomic E-state index is 12.0. The van der Waals surface area contributed by atoms with E-state index in [-0.39, 0.29) is 5.91 Å². The molecule has 0 saturated heterocycles. The van der Waals surface area contributed by atoms with E-state index in [1.807, 2.05) is 0 Å². The molecule has 116 valence electrons. The van der Waals surface area contributed by atoms with Crippen LogP contribution in [0.25, 0.3) is 0 Å². The molecule has 1 fully saturated rings. The van der Waals surface area contributed by atoms with Crippen molar-refractivity contribution in [1.82, 2.24) is 5.32 Å². The summed E-state index contributed by atoms with van der Waals surface area (Å²) in [5.74, 6) is 0.179. The molecule has 3 heteroatoms. The van der Waals surface area contributed by atoms with Crippen LogP contribution in [0.1, 0.15) is 56.1 Å². The van der Waals surface area contributed by atoms with E-state index in [1.54, 1.807) is 0 Å². The molecule has 0 heterocycles. The quantitative estimate of drug-likeness (QED) is 0.806. The Balaban J connectivity index is 1.71. The van der Waals surface area contributed by atoms with Crippen LogP contribution in [-0.2, 0) is 4.79 Å². The maximum atomic E-state index is 12.0. The molecule has 1 aliphatic rings. The fourth-order valence-electron chi connectivity index (χ4n) is 3.12. The highest BCUT2D eigenvalue weighted by Gasteiger charge is 2.14. The van der Waals surface area contributed by atoms with E-state index in [4.69, 9.17) is 0 Å².